The average molecular weight is 617 g/mol. The first kappa shape index (κ1) is 32.1. The van der Waals surface area contributed by atoms with E-state index >= 15 is 0 Å². The van der Waals surface area contributed by atoms with Gasteiger partial charge in [0.25, 0.3) is 0 Å². The summed E-state index contributed by atoms with van der Waals surface area (Å²) in [7, 11) is 0. The van der Waals surface area contributed by atoms with Crippen LogP contribution in [0.1, 0.15) is 77.0 Å². The molecule has 2 fully saturated rings. The summed E-state index contributed by atoms with van der Waals surface area (Å²) in [5.41, 5.74) is 1.06. The molecular weight excluding hydrogens is 572 g/mol. The van der Waals surface area contributed by atoms with E-state index in [2.05, 4.69) is 41.7 Å². The molecule has 10 nitrogen and oxygen atoms in total. The summed E-state index contributed by atoms with van der Waals surface area (Å²) in [5, 5.41) is 18.7. The highest BCUT2D eigenvalue weighted by Gasteiger charge is 2.63. The monoisotopic (exact) mass is 616 g/mol. The molecule has 3 unspecified atom stereocenters. The number of aromatic nitrogens is 1. The zero-order valence-electron chi connectivity index (χ0n) is 26.4. The maximum atomic E-state index is 14.0. The molecule has 3 amide bonds. The van der Waals surface area contributed by atoms with Gasteiger partial charge in [-0.2, -0.15) is 0 Å². The third-order valence-electron chi connectivity index (χ3n) is 10.6. The van der Waals surface area contributed by atoms with E-state index in [-0.39, 0.29) is 42.7 Å². The van der Waals surface area contributed by atoms with Gasteiger partial charge in [0.1, 0.15) is 11.6 Å². The number of benzene rings is 2. The molecule has 1 heterocycles. The minimum absolute atomic E-state index is 0.0262. The fraction of sp³-hybridized carbons (Fsp3) is 0.486. The Morgan fingerprint density at radius 3 is 2.42 bits per heavy atom. The highest BCUT2D eigenvalue weighted by atomic mass is 16.6. The zero-order chi connectivity index (χ0) is 32.4. The van der Waals surface area contributed by atoms with Crippen molar-refractivity contribution in [1.29, 1.82) is 0 Å². The molecule has 2 aromatic carbocycles. The molecule has 2 saturated carbocycles. The normalized spacial score (nSPS) is 23.6. The van der Waals surface area contributed by atoms with Crippen LogP contribution < -0.4 is 16.0 Å². The highest BCUT2D eigenvalue weighted by Crippen LogP contribution is 2.66. The Bertz CT molecular complexity index is 1570. The number of amides is 3. The number of nitrogens with one attached hydrogen (secondary N) is 4. The van der Waals surface area contributed by atoms with Crippen LogP contribution in [0.4, 0.5) is 4.79 Å². The molecule has 1 aromatic heterocycles. The molecule has 0 spiro atoms. The Morgan fingerprint density at radius 1 is 1.04 bits per heavy atom. The topological polar surface area (TPSA) is 150 Å². The number of hydrogen-bond donors (Lipinski definition) is 5. The number of carbonyl (C=O) groups is 4. The lowest BCUT2D eigenvalue weighted by atomic mass is 9.70. The quantitative estimate of drug-likeness (QED) is 0.188. The fourth-order valence-electron chi connectivity index (χ4n) is 7.35. The number of carbonyl (C=O) groups excluding carboxylic acids is 3. The van der Waals surface area contributed by atoms with Crippen molar-refractivity contribution >= 4 is 34.8 Å². The van der Waals surface area contributed by atoms with Crippen molar-refractivity contribution in [2.75, 3.05) is 6.54 Å². The number of carboxylic acids is 1. The third kappa shape index (κ3) is 6.55. The van der Waals surface area contributed by atoms with E-state index in [1.54, 1.807) is 6.92 Å². The summed E-state index contributed by atoms with van der Waals surface area (Å²) in [6.45, 7) is 8.41. The van der Waals surface area contributed by atoms with Gasteiger partial charge in [-0.3, -0.25) is 14.4 Å². The molecule has 2 aliphatic rings. The maximum absolute atomic E-state index is 14.0. The van der Waals surface area contributed by atoms with E-state index in [4.69, 9.17) is 9.84 Å². The van der Waals surface area contributed by atoms with Gasteiger partial charge in [0.15, 0.2) is 0 Å². The largest absolute Gasteiger partial charge is 0.481 e. The van der Waals surface area contributed by atoms with Crippen LogP contribution in [-0.2, 0) is 25.5 Å². The summed E-state index contributed by atoms with van der Waals surface area (Å²) in [6, 6.07) is 16.3. The standard InChI is InChI=1S/C35H44N4O6/c1-33(2)24-16-17-34(33,3)28(18-24)45-32(44)39-35(4,19-23-20-36-26-13-9-8-12-25(23)26)31(43)37-21-27(22-10-6-5-7-11-22)38-29(40)14-15-30(41)42/h5-13,20,24,27-28,36H,14-19,21H2,1-4H3,(H,37,43)(H,38,40)(H,39,44)(H,41,42)/t24?,27-,28?,34?,35-/m0/s1. The van der Waals surface area contributed by atoms with E-state index in [0.717, 1.165) is 41.3 Å². The predicted octanol–water partition coefficient (Wildman–Crippen LogP) is 5.25. The SMILES string of the molecule is CC1(C)C2CCC1(C)C(OC(=O)N[C@@](C)(Cc1c[nH]c3ccccc13)C(=O)NC[C@H](NC(=O)CCC(=O)O)c1ccccc1)C2. The second-order valence-electron chi connectivity index (χ2n) is 13.6. The van der Waals surface area contributed by atoms with Crippen LogP contribution in [0.5, 0.6) is 0 Å². The molecule has 5 N–H and O–H groups in total. The lowest BCUT2D eigenvalue weighted by molar-refractivity contribution is -0.138. The minimum Gasteiger partial charge on any atom is -0.481 e. The first-order chi connectivity index (χ1) is 21.3. The fourth-order valence-corrected chi connectivity index (χ4v) is 7.35. The van der Waals surface area contributed by atoms with E-state index in [0.29, 0.717) is 5.92 Å². The van der Waals surface area contributed by atoms with Crippen molar-refractivity contribution in [1.82, 2.24) is 20.9 Å². The second kappa shape index (κ2) is 12.6. The lowest BCUT2D eigenvalue weighted by Gasteiger charge is -2.39. The molecule has 240 valence electrons. The molecule has 2 aliphatic carbocycles. The molecule has 3 aromatic rings. The maximum Gasteiger partial charge on any atom is 0.408 e. The van der Waals surface area contributed by atoms with Crippen molar-refractivity contribution in [3.05, 3.63) is 71.9 Å². The van der Waals surface area contributed by atoms with Gasteiger partial charge in [-0.1, -0.05) is 69.3 Å². The smallest absolute Gasteiger partial charge is 0.408 e. The van der Waals surface area contributed by atoms with Gasteiger partial charge in [0.05, 0.1) is 12.5 Å². The Morgan fingerprint density at radius 2 is 1.76 bits per heavy atom. The Balaban J connectivity index is 1.35. The number of rotatable bonds is 12. The van der Waals surface area contributed by atoms with Gasteiger partial charge in [0, 0.05) is 41.9 Å². The second-order valence-corrected chi connectivity index (χ2v) is 13.6. The van der Waals surface area contributed by atoms with Crippen LogP contribution in [-0.4, -0.2) is 52.2 Å². The van der Waals surface area contributed by atoms with Crippen molar-refractivity contribution in [3.8, 4) is 0 Å². The first-order valence-electron chi connectivity index (χ1n) is 15.7. The van der Waals surface area contributed by atoms with Crippen molar-refractivity contribution in [2.24, 2.45) is 16.7 Å². The Kier molecular flexibility index (Phi) is 8.96. The minimum atomic E-state index is -1.40. The van der Waals surface area contributed by atoms with Crippen LogP contribution in [0.25, 0.3) is 10.9 Å². The number of carboxylic acid groups (broad SMARTS) is 1. The number of ether oxygens (including phenoxy) is 1. The molecule has 10 heteroatoms. The molecule has 0 saturated heterocycles. The zero-order valence-corrected chi connectivity index (χ0v) is 26.4. The van der Waals surface area contributed by atoms with Gasteiger partial charge >= 0.3 is 12.1 Å². The summed E-state index contributed by atoms with van der Waals surface area (Å²) in [4.78, 5) is 54.4. The Labute approximate surface area is 263 Å². The third-order valence-corrected chi connectivity index (χ3v) is 10.6. The summed E-state index contributed by atoms with van der Waals surface area (Å²) in [5.74, 6) is -1.46. The van der Waals surface area contributed by atoms with Gasteiger partial charge < -0.3 is 30.8 Å². The number of aliphatic carboxylic acids is 1. The van der Waals surface area contributed by atoms with E-state index in [1.165, 1.54) is 0 Å². The van der Waals surface area contributed by atoms with Gasteiger partial charge in [-0.25, -0.2) is 4.79 Å². The van der Waals surface area contributed by atoms with Crippen LogP contribution in [0.3, 0.4) is 0 Å². The number of H-pyrrole nitrogens is 1. The van der Waals surface area contributed by atoms with E-state index in [1.807, 2.05) is 60.8 Å². The Hall–Kier alpha value is -4.34. The average Bonchev–Trinajstić information content (AvgIpc) is 3.57. The molecular formula is C35H44N4O6. The van der Waals surface area contributed by atoms with Crippen molar-refractivity contribution < 1.29 is 29.0 Å². The number of para-hydroxylation sites is 1. The number of alkyl carbamates (subject to hydrolysis) is 1. The van der Waals surface area contributed by atoms with Crippen LogP contribution in [0, 0.1) is 16.7 Å². The predicted molar refractivity (Wildman–Crippen MR) is 170 cm³/mol. The van der Waals surface area contributed by atoms with Gasteiger partial charge in [-0.05, 0) is 54.7 Å². The number of hydrogen-bond acceptors (Lipinski definition) is 5. The number of fused-ring (bicyclic) bond motifs is 3. The highest BCUT2D eigenvalue weighted by molar-refractivity contribution is 5.91. The molecule has 0 aliphatic heterocycles. The molecule has 2 bridgehead atoms. The molecule has 5 atom stereocenters. The van der Waals surface area contributed by atoms with Crippen LogP contribution >= 0.6 is 0 Å². The van der Waals surface area contributed by atoms with Crippen LogP contribution in [0.2, 0.25) is 0 Å². The van der Waals surface area contributed by atoms with Gasteiger partial charge in [0.2, 0.25) is 11.8 Å². The van der Waals surface area contributed by atoms with Crippen molar-refractivity contribution in [3.63, 3.8) is 0 Å². The van der Waals surface area contributed by atoms with Crippen LogP contribution in [0.15, 0.2) is 60.8 Å². The summed E-state index contributed by atoms with van der Waals surface area (Å²) < 4.78 is 6.09. The van der Waals surface area contributed by atoms with E-state index in [9.17, 15) is 19.2 Å². The summed E-state index contributed by atoms with van der Waals surface area (Å²) >= 11 is 0. The lowest BCUT2D eigenvalue weighted by Crippen LogP contribution is -2.59. The number of aromatic amines is 1. The molecule has 45 heavy (non-hydrogen) atoms. The molecule has 0 radical (unpaired) electrons. The first-order valence-corrected chi connectivity index (χ1v) is 15.7. The molecule has 5 rings (SSSR count). The van der Waals surface area contributed by atoms with E-state index < -0.39 is 35.5 Å². The van der Waals surface area contributed by atoms with Crippen molar-refractivity contribution in [2.45, 2.75) is 83.9 Å². The summed E-state index contributed by atoms with van der Waals surface area (Å²) in [6.07, 6.45) is 3.60. The van der Waals surface area contributed by atoms with Gasteiger partial charge in [-0.15, -0.1) is 0 Å².